The van der Waals surface area contributed by atoms with Gasteiger partial charge in [0, 0.05) is 25.1 Å². The van der Waals surface area contributed by atoms with Gasteiger partial charge in [-0.1, -0.05) is 66.7 Å². The van der Waals surface area contributed by atoms with Gasteiger partial charge in [-0.3, -0.25) is 14.5 Å². The fraction of sp³-hybridized carbons (Fsp3) is 0.290. The number of hydrogen-bond donors (Lipinski definition) is 1. The van der Waals surface area contributed by atoms with Gasteiger partial charge in [-0.05, 0) is 35.9 Å². The Bertz CT molecular complexity index is 1270. The Kier molecular flexibility index (Phi) is 7.81. The zero-order chi connectivity index (χ0) is 26.6. The molecule has 2 amide bonds. The van der Waals surface area contributed by atoms with Crippen molar-refractivity contribution in [3.63, 3.8) is 0 Å². The highest BCUT2D eigenvalue weighted by atomic mass is 16.7. The van der Waals surface area contributed by atoms with Crippen LogP contribution in [0.1, 0.15) is 61.8 Å². The lowest BCUT2D eigenvalue weighted by Crippen LogP contribution is -2.37. The first-order chi connectivity index (χ1) is 18.5. The average Bonchev–Trinajstić information content (AvgIpc) is 3.18. The number of hydrogen-bond acceptors (Lipinski definition) is 6. The number of fused-ring (bicyclic) bond motifs is 1. The van der Waals surface area contributed by atoms with Gasteiger partial charge in [0.1, 0.15) is 0 Å². The first kappa shape index (κ1) is 26.0. The highest BCUT2D eigenvalue weighted by Gasteiger charge is 2.35. The molecule has 3 aromatic rings. The molecule has 5 rings (SSSR count). The molecule has 0 radical (unpaired) electrons. The summed E-state index contributed by atoms with van der Waals surface area (Å²) in [6, 6.07) is 22.4. The van der Waals surface area contributed by atoms with Gasteiger partial charge in [-0.25, -0.2) is 0 Å². The topological polar surface area (TPSA) is 79.3 Å². The molecule has 7 nitrogen and oxygen atoms in total. The number of rotatable bonds is 9. The molecular weight excluding hydrogens is 480 g/mol. The number of aliphatic hydroxyl groups excluding tert-OH is 1. The molecular formula is C31H32N2O5. The van der Waals surface area contributed by atoms with Crippen LogP contribution in [0.5, 0.6) is 0 Å². The van der Waals surface area contributed by atoms with E-state index in [1.165, 1.54) is 4.90 Å². The second kappa shape index (κ2) is 11.4. The summed E-state index contributed by atoms with van der Waals surface area (Å²) in [5.41, 5.74) is 4.50. The van der Waals surface area contributed by atoms with Crippen LogP contribution in [0.4, 0.5) is 0 Å². The maximum atomic E-state index is 12.7. The summed E-state index contributed by atoms with van der Waals surface area (Å²) in [5, 5.41) is 9.40. The maximum Gasteiger partial charge on any atom is 0.261 e. The van der Waals surface area contributed by atoms with Crippen LogP contribution in [0.2, 0.25) is 0 Å². The maximum absolute atomic E-state index is 12.7. The lowest BCUT2D eigenvalue weighted by molar-refractivity contribution is -0.252. The number of imide groups is 1. The largest absolute Gasteiger partial charge is 0.392 e. The zero-order valence-corrected chi connectivity index (χ0v) is 21.5. The van der Waals surface area contributed by atoms with Crippen LogP contribution in [0, 0.1) is 0 Å². The minimum atomic E-state index is -0.568. The molecule has 1 fully saturated rings. The molecule has 0 aliphatic carbocycles. The number of carbonyl (C=O) groups excluding carboxylic acids is 2. The lowest BCUT2D eigenvalue weighted by Gasteiger charge is -2.37. The molecule has 1 N–H and O–H groups in total. The summed E-state index contributed by atoms with van der Waals surface area (Å²) in [4.78, 5) is 28.9. The lowest BCUT2D eigenvalue weighted by atomic mass is 9.99. The quantitative estimate of drug-likeness (QED) is 0.333. The predicted octanol–water partition coefficient (Wildman–Crippen LogP) is 4.64. The van der Waals surface area contributed by atoms with E-state index in [0.717, 1.165) is 35.3 Å². The first-order valence-corrected chi connectivity index (χ1v) is 12.8. The van der Waals surface area contributed by atoms with Gasteiger partial charge >= 0.3 is 0 Å². The number of amides is 2. The van der Waals surface area contributed by atoms with Crippen LogP contribution in [-0.2, 0) is 22.6 Å². The van der Waals surface area contributed by atoms with Crippen LogP contribution in [0.3, 0.4) is 0 Å². The summed E-state index contributed by atoms with van der Waals surface area (Å²) in [7, 11) is 2.04. The zero-order valence-electron chi connectivity index (χ0n) is 21.5. The molecule has 3 atom stereocenters. The number of ether oxygens (including phenoxy) is 2. The van der Waals surface area contributed by atoms with Gasteiger partial charge in [0.25, 0.3) is 11.8 Å². The fourth-order valence-electron chi connectivity index (χ4n) is 5.02. The standard InChI is InChI=1S/C31H32N2O5/c1-3-16-32(2)19-25-17-28(23-12-10-22(20-34)11-13-23)38-31(37-25)24-14-8-21(9-15-24)18-33-29(35)26-6-4-5-7-27(26)30(33)36/h3-15,25,28,31,34H,1,16-20H2,2H3. The highest BCUT2D eigenvalue weighted by Crippen LogP contribution is 2.38. The Balaban J connectivity index is 1.32. The van der Waals surface area contributed by atoms with Crippen molar-refractivity contribution in [3.8, 4) is 0 Å². The van der Waals surface area contributed by atoms with E-state index in [-0.39, 0.29) is 37.2 Å². The van der Waals surface area contributed by atoms with Crippen molar-refractivity contribution in [2.75, 3.05) is 20.1 Å². The van der Waals surface area contributed by atoms with E-state index in [1.807, 2.05) is 61.7 Å². The number of benzene rings is 3. The van der Waals surface area contributed by atoms with Gasteiger partial charge < -0.3 is 19.5 Å². The summed E-state index contributed by atoms with van der Waals surface area (Å²) < 4.78 is 12.8. The number of nitrogens with zero attached hydrogens (tertiary/aromatic N) is 2. The molecule has 0 spiro atoms. The van der Waals surface area contributed by atoms with Crippen molar-refractivity contribution in [1.29, 1.82) is 0 Å². The van der Waals surface area contributed by atoms with Crippen LogP contribution < -0.4 is 0 Å². The van der Waals surface area contributed by atoms with E-state index in [2.05, 4.69) is 11.5 Å². The van der Waals surface area contributed by atoms with Crippen molar-refractivity contribution >= 4 is 11.8 Å². The van der Waals surface area contributed by atoms with Crippen molar-refractivity contribution in [1.82, 2.24) is 9.80 Å². The fourth-order valence-corrected chi connectivity index (χ4v) is 5.02. The Morgan fingerprint density at radius 3 is 2.13 bits per heavy atom. The molecule has 2 aliphatic rings. The van der Waals surface area contributed by atoms with Crippen molar-refractivity contribution in [2.45, 2.75) is 38.1 Å². The Hall–Kier alpha value is -3.62. The van der Waals surface area contributed by atoms with E-state index < -0.39 is 6.29 Å². The first-order valence-electron chi connectivity index (χ1n) is 12.8. The van der Waals surface area contributed by atoms with Gasteiger partial charge in [-0.15, -0.1) is 6.58 Å². The smallest absolute Gasteiger partial charge is 0.261 e. The molecule has 38 heavy (non-hydrogen) atoms. The molecule has 2 aliphatic heterocycles. The molecule has 0 aromatic heterocycles. The van der Waals surface area contributed by atoms with Crippen molar-refractivity contribution in [3.05, 3.63) is 119 Å². The third kappa shape index (κ3) is 5.47. The number of carbonyl (C=O) groups is 2. The summed E-state index contributed by atoms with van der Waals surface area (Å²) in [6.07, 6.45) is 1.78. The molecule has 0 saturated carbocycles. The highest BCUT2D eigenvalue weighted by molar-refractivity contribution is 6.21. The Labute approximate surface area is 222 Å². The number of likely N-dealkylation sites (N-methyl/N-ethyl adjacent to an activating group) is 1. The third-order valence-corrected chi connectivity index (χ3v) is 7.04. The van der Waals surface area contributed by atoms with E-state index in [9.17, 15) is 14.7 Å². The SMILES string of the molecule is C=CCN(C)CC1CC(c2ccc(CO)cc2)OC(c2ccc(CN3C(=O)c4ccccc4C3=O)cc2)O1. The predicted molar refractivity (Wildman–Crippen MR) is 143 cm³/mol. The number of aliphatic hydroxyl groups is 1. The third-order valence-electron chi connectivity index (χ3n) is 7.04. The molecule has 1 saturated heterocycles. The van der Waals surface area contributed by atoms with E-state index in [1.54, 1.807) is 24.3 Å². The van der Waals surface area contributed by atoms with Crippen LogP contribution in [0.25, 0.3) is 0 Å². The second-order valence-corrected chi connectivity index (χ2v) is 9.84. The Morgan fingerprint density at radius 1 is 0.921 bits per heavy atom. The van der Waals surface area contributed by atoms with Gasteiger partial charge in [0.05, 0.1) is 36.5 Å². The monoisotopic (exact) mass is 512 g/mol. The van der Waals surface area contributed by atoms with Crippen molar-refractivity contribution in [2.24, 2.45) is 0 Å². The average molecular weight is 513 g/mol. The van der Waals surface area contributed by atoms with Crippen LogP contribution in [-0.4, -0.2) is 53.0 Å². The minimum Gasteiger partial charge on any atom is -0.392 e. The summed E-state index contributed by atoms with van der Waals surface area (Å²) in [6.45, 7) is 5.52. The van der Waals surface area contributed by atoms with Crippen molar-refractivity contribution < 1.29 is 24.2 Å². The van der Waals surface area contributed by atoms with Gasteiger partial charge in [-0.2, -0.15) is 0 Å². The molecule has 7 heteroatoms. The normalized spacial score (nSPS) is 21.1. The molecule has 0 bridgehead atoms. The molecule has 3 aromatic carbocycles. The molecule has 3 unspecified atom stereocenters. The summed E-state index contributed by atoms with van der Waals surface area (Å²) in [5.74, 6) is -0.537. The van der Waals surface area contributed by atoms with Crippen LogP contribution >= 0.6 is 0 Å². The van der Waals surface area contributed by atoms with E-state index in [0.29, 0.717) is 17.5 Å². The Morgan fingerprint density at radius 2 is 1.53 bits per heavy atom. The molecule has 2 heterocycles. The summed E-state index contributed by atoms with van der Waals surface area (Å²) >= 11 is 0. The van der Waals surface area contributed by atoms with Crippen LogP contribution in [0.15, 0.2) is 85.5 Å². The minimum absolute atomic E-state index is 0.000424. The van der Waals surface area contributed by atoms with Gasteiger partial charge in [0.2, 0.25) is 0 Å². The van der Waals surface area contributed by atoms with E-state index in [4.69, 9.17) is 9.47 Å². The van der Waals surface area contributed by atoms with E-state index >= 15 is 0 Å². The molecule has 196 valence electrons. The van der Waals surface area contributed by atoms with Gasteiger partial charge in [0.15, 0.2) is 6.29 Å². The second-order valence-electron chi connectivity index (χ2n) is 9.84.